The van der Waals surface area contributed by atoms with Gasteiger partial charge in [0, 0.05) is 6.92 Å². The van der Waals surface area contributed by atoms with Crippen molar-refractivity contribution in [2.24, 2.45) is 0 Å². The number of hydrogen-bond acceptors (Lipinski definition) is 6. The van der Waals surface area contributed by atoms with E-state index < -0.39 is 0 Å². The molecular weight excluding hydrogens is 250 g/mol. The molecule has 0 radical (unpaired) electrons. The first-order valence-corrected chi connectivity index (χ1v) is 6.37. The molecule has 0 saturated carbocycles. The summed E-state index contributed by atoms with van der Waals surface area (Å²) < 4.78 is 5.73. The Balaban J connectivity index is 2.33. The van der Waals surface area contributed by atoms with Crippen molar-refractivity contribution in [1.29, 1.82) is 0 Å². The molecule has 2 rings (SSSR count). The minimum atomic E-state index is 0.134. The SMILES string of the molecule is Cc1[nH+]c(Oc2cnc(N)nc2N)c(C(C)C)s1. The summed E-state index contributed by atoms with van der Waals surface area (Å²) in [4.78, 5) is 12.0. The Morgan fingerprint density at radius 2 is 2.11 bits per heavy atom. The zero-order valence-corrected chi connectivity index (χ0v) is 11.3. The van der Waals surface area contributed by atoms with Crippen molar-refractivity contribution in [2.45, 2.75) is 26.7 Å². The Morgan fingerprint density at radius 3 is 2.72 bits per heavy atom. The fraction of sp³-hybridized carbons (Fsp3) is 0.364. The first-order chi connectivity index (χ1) is 8.47. The maximum atomic E-state index is 5.74. The highest BCUT2D eigenvalue weighted by Crippen LogP contribution is 2.33. The molecule has 2 aromatic heterocycles. The van der Waals surface area contributed by atoms with E-state index >= 15 is 0 Å². The molecule has 0 spiro atoms. The number of rotatable bonds is 3. The van der Waals surface area contributed by atoms with Crippen LogP contribution in [0.1, 0.15) is 29.7 Å². The number of H-pyrrole nitrogens is 1. The van der Waals surface area contributed by atoms with Gasteiger partial charge in [-0.3, -0.25) is 0 Å². The van der Waals surface area contributed by atoms with E-state index in [9.17, 15) is 0 Å². The van der Waals surface area contributed by atoms with Gasteiger partial charge >= 0.3 is 5.88 Å². The summed E-state index contributed by atoms with van der Waals surface area (Å²) in [5, 5.41) is 1.07. The predicted octanol–water partition coefficient (Wildman–Crippen LogP) is 1.74. The van der Waals surface area contributed by atoms with Gasteiger partial charge in [0.15, 0.2) is 11.6 Å². The summed E-state index contributed by atoms with van der Waals surface area (Å²) in [5.41, 5.74) is 11.2. The Kier molecular flexibility index (Phi) is 3.33. The number of ether oxygens (including phenoxy) is 1. The fourth-order valence-corrected chi connectivity index (χ4v) is 2.40. The van der Waals surface area contributed by atoms with Gasteiger partial charge in [-0.25, -0.2) is 4.98 Å². The largest absolute Gasteiger partial charge is 0.399 e. The van der Waals surface area contributed by atoms with Crippen molar-refractivity contribution >= 4 is 23.1 Å². The summed E-state index contributed by atoms with van der Waals surface area (Å²) in [7, 11) is 0. The highest BCUT2D eigenvalue weighted by molar-refractivity contribution is 7.11. The lowest BCUT2D eigenvalue weighted by molar-refractivity contribution is -0.392. The normalized spacial score (nSPS) is 10.9. The van der Waals surface area contributed by atoms with Gasteiger partial charge in [-0.15, -0.1) is 0 Å². The second kappa shape index (κ2) is 4.77. The standard InChI is InChI=1S/C11H15N5OS/c1-5(2)8-10(15-6(3)18-8)17-7-4-14-11(13)16-9(7)12/h4-5H,1-3H3,(H4,12,13,14,16)/p+1. The second-order valence-electron chi connectivity index (χ2n) is 4.21. The van der Waals surface area contributed by atoms with E-state index in [1.54, 1.807) is 11.3 Å². The van der Waals surface area contributed by atoms with Crippen molar-refractivity contribution in [3.63, 3.8) is 0 Å². The first kappa shape index (κ1) is 12.6. The van der Waals surface area contributed by atoms with Crippen LogP contribution in [0.25, 0.3) is 0 Å². The van der Waals surface area contributed by atoms with Crippen molar-refractivity contribution < 1.29 is 9.72 Å². The van der Waals surface area contributed by atoms with Crippen molar-refractivity contribution in [1.82, 2.24) is 9.97 Å². The number of nitrogens with two attached hydrogens (primary N) is 2. The van der Waals surface area contributed by atoms with Gasteiger partial charge in [0.25, 0.3) is 0 Å². The molecule has 0 saturated heterocycles. The molecule has 0 aliphatic carbocycles. The van der Waals surface area contributed by atoms with E-state index in [-0.39, 0.29) is 11.8 Å². The van der Waals surface area contributed by atoms with Crippen molar-refractivity contribution in [2.75, 3.05) is 11.5 Å². The predicted molar refractivity (Wildman–Crippen MR) is 70.6 cm³/mol. The van der Waals surface area contributed by atoms with Gasteiger partial charge < -0.3 is 16.2 Å². The van der Waals surface area contributed by atoms with Crippen LogP contribution in [0.2, 0.25) is 0 Å². The smallest absolute Gasteiger partial charge is 0.386 e. The summed E-state index contributed by atoms with van der Waals surface area (Å²) in [5.74, 6) is 1.82. The van der Waals surface area contributed by atoms with E-state index in [0.29, 0.717) is 17.5 Å². The molecule has 0 unspecified atom stereocenters. The van der Waals surface area contributed by atoms with Crippen LogP contribution in [0.3, 0.4) is 0 Å². The molecule has 0 fully saturated rings. The van der Waals surface area contributed by atoms with Gasteiger partial charge in [-0.1, -0.05) is 25.2 Å². The molecule has 0 aliphatic rings. The third-order valence-corrected chi connectivity index (χ3v) is 3.60. The number of aryl methyl sites for hydroxylation is 1. The van der Waals surface area contributed by atoms with Gasteiger partial charge in [0.05, 0.1) is 6.20 Å². The van der Waals surface area contributed by atoms with Crippen LogP contribution in [0.4, 0.5) is 11.8 Å². The van der Waals surface area contributed by atoms with Gasteiger partial charge in [-0.2, -0.15) is 9.97 Å². The first-order valence-electron chi connectivity index (χ1n) is 5.55. The quantitative estimate of drug-likeness (QED) is 0.881. The zero-order chi connectivity index (χ0) is 13.3. The molecule has 0 aromatic carbocycles. The van der Waals surface area contributed by atoms with Crippen LogP contribution in [0, 0.1) is 6.92 Å². The maximum Gasteiger partial charge on any atom is 0.386 e. The topological polar surface area (TPSA) is 101 Å². The lowest BCUT2D eigenvalue weighted by atomic mass is 10.2. The molecule has 2 aromatic rings. The molecule has 0 bridgehead atoms. The molecule has 2 heterocycles. The number of aromatic amines is 1. The molecule has 0 amide bonds. The lowest BCUT2D eigenvalue weighted by Crippen LogP contribution is -2.08. The molecule has 0 atom stereocenters. The van der Waals surface area contributed by atoms with Crippen LogP contribution in [0.5, 0.6) is 11.6 Å². The summed E-state index contributed by atoms with van der Waals surface area (Å²) in [6.07, 6.45) is 1.47. The highest BCUT2D eigenvalue weighted by atomic mass is 32.1. The van der Waals surface area contributed by atoms with E-state index in [1.165, 1.54) is 6.20 Å². The number of nitrogen functional groups attached to an aromatic ring is 2. The van der Waals surface area contributed by atoms with Crippen LogP contribution in [-0.4, -0.2) is 9.97 Å². The van der Waals surface area contributed by atoms with E-state index in [4.69, 9.17) is 16.2 Å². The summed E-state index contributed by atoms with van der Waals surface area (Å²) in [6.45, 7) is 6.20. The van der Waals surface area contributed by atoms with Gasteiger partial charge in [-0.05, 0) is 5.92 Å². The van der Waals surface area contributed by atoms with E-state index in [2.05, 4.69) is 28.8 Å². The summed E-state index contributed by atoms with van der Waals surface area (Å²) >= 11 is 1.66. The Bertz CT molecular complexity index is 567. The Labute approximate surface area is 109 Å². The zero-order valence-electron chi connectivity index (χ0n) is 10.5. The third kappa shape index (κ3) is 2.51. The minimum absolute atomic E-state index is 0.134. The van der Waals surface area contributed by atoms with Gasteiger partial charge in [0.1, 0.15) is 4.88 Å². The number of nitrogens with zero attached hydrogens (tertiary/aromatic N) is 2. The lowest BCUT2D eigenvalue weighted by Gasteiger charge is -2.05. The molecule has 18 heavy (non-hydrogen) atoms. The monoisotopic (exact) mass is 266 g/mol. The molecule has 96 valence electrons. The van der Waals surface area contributed by atoms with Crippen molar-refractivity contribution in [3.05, 3.63) is 16.1 Å². The van der Waals surface area contributed by atoms with Crippen LogP contribution < -0.4 is 21.2 Å². The van der Waals surface area contributed by atoms with Crippen LogP contribution >= 0.6 is 11.3 Å². The molecule has 0 aliphatic heterocycles. The molecule has 6 nitrogen and oxygen atoms in total. The Hall–Kier alpha value is -1.89. The number of aromatic nitrogens is 3. The van der Waals surface area contributed by atoms with Crippen LogP contribution in [0.15, 0.2) is 6.20 Å². The molecule has 5 N–H and O–H groups in total. The number of anilines is 2. The van der Waals surface area contributed by atoms with Gasteiger partial charge in [0.2, 0.25) is 11.0 Å². The average Bonchev–Trinajstić information content (AvgIpc) is 2.64. The third-order valence-electron chi connectivity index (χ3n) is 2.31. The Morgan fingerprint density at radius 1 is 1.39 bits per heavy atom. The second-order valence-corrected chi connectivity index (χ2v) is 5.47. The molecule has 7 heteroatoms. The van der Waals surface area contributed by atoms with E-state index in [1.807, 2.05) is 6.92 Å². The van der Waals surface area contributed by atoms with Crippen molar-refractivity contribution in [3.8, 4) is 11.6 Å². The number of thiazole rings is 1. The maximum absolute atomic E-state index is 5.74. The average molecular weight is 266 g/mol. The fourth-order valence-electron chi connectivity index (χ4n) is 1.50. The summed E-state index contributed by atoms with van der Waals surface area (Å²) in [6, 6.07) is 0. The van der Waals surface area contributed by atoms with E-state index in [0.717, 1.165) is 9.88 Å². The van der Waals surface area contributed by atoms with Crippen LogP contribution in [-0.2, 0) is 0 Å². The highest BCUT2D eigenvalue weighted by Gasteiger charge is 2.22. The number of nitrogens with one attached hydrogen (secondary N) is 1. The molecular formula is C11H16N5OS+. The number of hydrogen-bond donors (Lipinski definition) is 2. The minimum Gasteiger partial charge on any atom is -0.399 e.